The van der Waals surface area contributed by atoms with Gasteiger partial charge in [-0.25, -0.2) is 4.98 Å². The van der Waals surface area contributed by atoms with Gasteiger partial charge < -0.3 is 14.8 Å². The standard InChI is InChI=1S/C27H29N3O2/c1-19-5-3-6-21(17-19)27(31)12-15-30(16-13-27)18-24-23-7-4-14-28-26(23)29-25(24)20-8-10-22(32-2)11-9-20/h3-11,14,17,31H,12-13,15-16,18H2,1-2H3,(H,28,29). The minimum atomic E-state index is -0.747. The summed E-state index contributed by atoms with van der Waals surface area (Å²) in [7, 11) is 1.68. The second-order valence-corrected chi connectivity index (χ2v) is 8.78. The Hall–Kier alpha value is -3.15. The highest BCUT2D eigenvalue weighted by Crippen LogP contribution is 2.36. The molecule has 0 amide bonds. The van der Waals surface area contributed by atoms with E-state index in [4.69, 9.17) is 4.74 Å². The molecule has 2 aromatic carbocycles. The van der Waals surface area contributed by atoms with Crippen molar-refractivity contribution in [2.75, 3.05) is 20.2 Å². The Morgan fingerprint density at radius 2 is 1.84 bits per heavy atom. The molecule has 5 nitrogen and oxygen atoms in total. The molecule has 1 aliphatic heterocycles. The number of aliphatic hydroxyl groups is 1. The van der Waals surface area contributed by atoms with E-state index in [0.29, 0.717) is 0 Å². The van der Waals surface area contributed by atoms with Crippen LogP contribution in [0.4, 0.5) is 0 Å². The predicted molar refractivity (Wildman–Crippen MR) is 128 cm³/mol. The molecule has 2 aromatic heterocycles. The average Bonchev–Trinajstić information content (AvgIpc) is 3.19. The Balaban J connectivity index is 1.41. The molecule has 5 rings (SSSR count). The molecule has 0 radical (unpaired) electrons. The van der Waals surface area contributed by atoms with Gasteiger partial charge >= 0.3 is 0 Å². The van der Waals surface area contributed by atoms with Crippen LogP contribution >= 0.6 is 0 Å². The summed E-state index contributed by atoms with van der Waals surface area (Å²) in [6, 6.07) is 20.5. The largest absolute Gasteiger partial charge is 0.497 e. The minimum absolute atomic E-state index is 0.731. The third-order valence-corrected chi connectivity index (χ3v) is 6.68. The van der Waals surface area contributed by atoms with Gasteiger partial charge in [0.1, 0.15) is 11.4 Å². The quantitative estimate of drug-likeness (QED) is 0.469. The molecule has 5 heteroatoms. The Kier molecular flexibility index (Phi) is 5.45. The van der Waals surface area contributed by atoms with Crippen LogP contribution < -0.4 is 4.74 Å². The molecule has 0 atom stereocenters. The fraction of sp³-hybridized carbons (Fsp3) is 0.296. The molecule has 3 heterocycles. The number of methoxy groups -OCH3 is 1. The van der Waals surface area contributed by atoms with Gasteiger partial charge in [-0.15, -0.1) is 0 Å². The summed E-state index contributed by atoms with van der Waals surface area (Å²) in [6.45, 7) is 4.59. The van der Waals surface area contributed by atoms with Crippen molar-refractivity contribution in [3.05, 3.63) is 83.6 Å². The van der Waals surface area contributed by atoms with Crippen LogP contribution in [0.1, 0.15) is 29.5 Å². The van der Waals surface area contributed by atoms with Crippen LogP contribution in [0, 0.1) is 6.92 Å². The van der Waals surface area contributed by atoms with Crippen molar-refractivity contribution in [2.24, 2.45) is 0 Å². The number of rotatable bonds is 5. The van der Waals surface area contributed by atoms with Crippen molar-refractivity contribution in [3.8, 4) is 17.0 Å². The van der Waals surface area contributed by atoms with Crippen molar-refractivity contribution >= 4 is 11.0 Å². The minimum Gasteiger partial charge on any atom is -0.497 e. The Labute approximate surface area is 188 Å². The molecule has 4 aromatic rings. The Morgan fingerprint density at radius 1 is 1.06 bits per heavy atom. The number of fused-ring (bicyclic) bond motifs is 1. The second-order valence-electron chi connectivity index (χ2n) is 8.78. The lowest BCUT2D eigenvalue weighted by Crippen LogP contribution is -2.42. The highest BCUT2D eigenvalue weighted by atomic mass is 16.5. The number of hydrogen-bond donors (Lipinski definition) is 2. The number of piperidine rings is 1. The van der Waals surface area contributed by atoms with E-state index in [0.717, 1.165) is 66.1 Å². The molecule has 1 saturated heterocycles. The van der Waals surface area contributed by atoms with E-state index in [-0.39, 0.29) is 0 Å². The van der Waals surface area contributed by atoms with Crippen LogP contribution in [0.3, 0.4) is 0 Å². The maximum atomic E-state index is 11.3. The number of aromatic nitrogens is 2. The summed E-state index contributed by atoms with van der Waals surface area (Å²) >= 11 is 0. The summed E-state index contributed by atoms with van der Waals surface area (Å²) in [5.74, 6) is 0.844. The summed E-state index contributed by atoms with van der Waals surface area (Å²) in [6.07, 6.45) is 3.28. The molecule has 164 valence electrons. The van der Waals surface area contributed by atoms with Gasteiger partial charge in [-0.05, 0) is 67.3 Å². The predicted octanol–water partition coefficient (Wildman–Crippen LogP) is 5.03. The summed E-state index contributed by atoms with van der Waals surface area (Å²) in [5.41, 5.74) is 5.85. The van der Waals surface area contributed by atoms with E-state index in [2.05, 4.69) is 58.2 Å². The van der Waals surface area contributed by atoms with Gasteiger partial charge in [0.2, 0.25) is 0 Å². The van der Waals surface area contributed by atoms with Crippen LogP contribution in [-0.2, 0) is 12.1 Å². The fourth-order valence-electron chi connectivity index (χ4n) is 4.77. The van der Waals surface area contributed by atoms with Crippen molar-refractivity contribution in [1.82, 2.24) is 14.9 Å². The number of benzene rings is 2. The molecule has 0 aliphatic carbocycles. The van der Waals surface area contributed by atoms with Gasteiger partial charge in [0, 0.05) is 36.8 Å². The second kappa shape index (κ2) is 8.41. The zero-order chi connectivity index (χ0) is 22.1. The summed E-state index contributed by atoms with van der Waals surface area (Å²) in [5, 5.41) is 12.5. The number of pyridine rings is 1. The molecule has 1 fully saturated rings. The topological polar surface area (TPSA) is 61.4 Å². The highest BCUT2D eigenvalue weighted by molar-refractivity contribution is 5.88. The maximum absolute atomic E-state index is 11.3. The van der Waals surface area contributed by atoms with Gasteiger partial charge in [-0.3, -0.25) is 4.90 Å². The molecule has 0 bridgehead atoms. The zero-order valence-corrected chi connectivity index (χ0v) is 18.6. The maximum Gasteiger partial charge on any atom is 0.138 e. The van der Waals surface area contributed by atoms with E-state index in [9.17, 15) is 5.11 Å². The summed E-state index contributed by atoms with van der Waals surface area (Å²) in [4.78, 5) is 10.5. The lowest BCUT2D eigenvalue weighted by molar-refractivity contribution is -0.0276. The van der Waals surface area contributed by atoms with Gasteiger partial charge in [-0.1, -0.05) is 29.8 Å². The number of hydrogen-bond acceptors (Lipinski definition) is 4. The number of aromatic amines is 1. The van der Waals surface area contributed by atoms with Crippen LogP contribution in [0.15, 0.2) is 66.9 Å². The van der Waals surface area contributed by atoms with Crippen LogP contribution in [0.5, 0.6) is 5.75 Å². The smallest absolute Gasteiger partial charge is 0.138 e. The van der Waals surface area contributed by atoms with Gasteiger partial charge in [0.15, 0.2) is 0 Å². The van der Waals surface area contributed by atoms with E-state index >= 15 is 0 Å². The molecule has 0 saturated carbocycles. The van der Waals surface area contributed by atoms with E-state index in [1.165, 1.54) is 11.1 Å². The highest BCUT2D eigenvalue weighted by Gasteiger charge is 2.34. The van der Waals surface area contributed by atoms with Gasteiger partial charge in [-0.2, -0.15) is 0 Å². The van der Waals surface area contributed by atoms with Crippen LogP contribution in [0.25, 0.3) is 22.3 Å². The lowest BCUT2D eigenvalue weighted by atomic mass is 9.83. The number of H-pyrrole nitrogens is 1. The molecular weight excluding hydrogens is 398 g/mol. The molecule has 1 aliphatic rings. The molecular formula is C27H29N3O2. The van der Waals surface area contributed by atoms with Crippen LogP contribution in [0.2, 0.25) is 0 Å². The molecule has 0 spiro atoms. The van der Waals surface area contributed by atoms with E-state index < -0.39 is 5.60 Å². The lowest BCUT2D eigenvalue weighted by Gasteiger charge is -2.38. The van der Waals surface area contributed by atoms with Crippen molar-refractivity contribution in [1.29, 1.82) is 0 Å². The first kappa shape index (κ1) is 20.7. The first-order valence-corrected chi connectivity index (χ1v) is 11.2. The first-order valence-electron chi connectivity index (χ1n) is 11.2. The monoisotopic (exact) mass is 427 g/mol. The van der Waals surface area contributed by atoms with Gasteiger partial charge in [0.25, 0.3) is 0 Å². The summed E-state index contributed by atoms with van der Waals surface area (Å²) < 4.78 is 5.32. The van der Waals surface area contributed by atoms with Crippen molar-refractivity contribution < 1.29 is 9.84 Å². The third kappa shape index (κ3) is 3.90. The molecule has 2 N–H and O–H groups in total. The number of nitrogens with one attached hydrogen (secondary N) is 1. The first-order chi connectivity index (χ1) is 15.6. The van der Waals surface area contributed by atoms with Crippen molar-refractivity contribution in [3.63, 3.8) is 0 Å². The van der Waals surface area contributed by atoms with Crippen molar-refractivity contribution in [2.45, 2.75) is 31.9 Å². The normalized spacial score (nSPS) is 16.3. The fourth-order valence-corrected chi connectivity index (χ4v) is 4.77. The number of nitrogens with zero attached hydrogens (tertiary/aromatic N) is 2. The SMILES string of the molecule is COc1ccc(-c2[nH]c3ncccc3c2CN2CCC(O)(c3cccc(C)c3)CC2)cc1. The Bertz CT molecular complexity index is 1220. The van der Waals surface area contributed by atoms with E-state index in [1.54, 1.807) is 7.11 Å². The number of ether oxygens (including phenoxy) is 1. The number of aryl methyl sites for hydroxylation is 1. The van der Waals surface area contributed by atoms with E-state index in [1.807, 2.05) is 30.5 Å². The zero-order valence-electron chi connectivity index (χ0n) is 18.6. The third-order valence-electron chi connectivity index (χ3n) is 6.68. The molecule has 32 heavy (non-hydrogen) atoms. The van der Waals surface area contributed by atoms with Gasteiger partial charge in [0.05, 0.1) is 18.4 Å². The Morgan fingerprint density at radius 3 is 2.56 bits per heavy atom. The molecule has 0 unspecified atom stereocenters. The average molecular weight is 428 g/mol. The van der Waals surface area contributed by atoms with Crippen LogP contribution in [-0.4, -0.2) is 40.2 Å². The number of likely N-dealkylation sites (tertiary alicyclic amines) is 1.